The van der Waals surface area contributed by atoms with Crippen molar-refractivity contribution in [2.75, 3.05) is 29.9 Å². The van der Waals surface area contributed by atoms with Crippen molar-refractivity contribution in [2.45, 2.75) is 26.4 Å². The predicted molar refractivity (Wildman–Crippen MR) is 133 cm³/mol. The second kappa shape index (κ2) is 11.2. The number of nitrogens with one attached hydrogen (secondary N) is 1. The maximum Gasteiger partial charge on any atom is 0.265 e. The lowest BCUT2D eigenvalue weighted by molar-refractivity contribution is -0.120. The van der Waals surface area contributed by atoms with Crippen molar-refractivity contribution in [1.82, 2.24) is 4.98 Å². The first-order chi connectivity index (χ1) is 16.6. The average Bonchev–Trinajstić information content (AvgIpc) is 3.40. The van der Waals surface area contributed by atoms with Gasteiger partial charge in [0, 0.05) is 48.0 Å². The summed E-state index contributed by atoms with van der Waals surface area (Å²) in [7, 11) is 0. The molecule has 0 bridgehead atoms. The maximum absolute atomic E-state index is 12.3. The average molecular weight is 460 g/mol. The third-order valence-electron chi connectivity index (χ3n) is 5.57. The van der Waals surface area contributed by atoms with Crippen LogP contribution in [0.1, 0.15) is 29.5 Å². The molecule has 1 aromatic heterocycles. The Morgan fingerprint density at radius 3 is 2.76 bits per heavy atom. The lowest BCUT2D eigenvalue weighted by Gasteiger charge is -2.19. The van der Waals surface area contributed by atoms with E-state index >= 15 is 0 Å². The lowest BCUT2D eigenvalue weighted by atomic mass is 10.1. The van der Waals surface area contributed by atoms with Crippen LogP contribution >= 0.6 is 0 Å². The summed E-state index contributed by atoms with van der Waals surface area (Å²) in [6.07, 6.45) is 5.91. The Hall–Kier alpha value is -4.07. The van der Waals surface area contributed by atoms with Crippen molar-refractivity contribution in [1.29, 1.82) is 0 Å². The fourth-order valence-corrected chi connectivity index (χ4v) is 3.75. The van der Waals surface area contributed by atoms with E-state index in [1.165, 1.54) is 18.5 Å². The lowest BCUT2D eigenvalue weighted by Crippen LogP contribution is -2.20. The summed E-state index contributed by atoms with van der Waals surface area (Å²) >= 11 is 0. The number of aromatic nitrogens is 1. The zero-order valence-corrected chi connectivity index (χ0v) is 19.2. The van der Waals surface area contributed by atoms with Crippen LogP contribution in [0.25, 0.3) is 0 Å². The first-order valence-electron chi connectivity index (χ1n) is 11.3. The number of aryl methyl sites for hydroxylation is 1. The fraction of sp³-hybridized carbons (Fsp3) is 0.269. The number of benzene rings is 2. The van der Waals surface area contributed by atoms with Crippen molar-refractivity contribution in [3.8, 4) is 5.75 Å². The number of hydrogen-bond acceptors (Lipinski definition) is 6. The van der Waals surface area contributed by atoms with Gasteiger partial charge in [0.05, 0.1) is 0 Å². The van der Waals surface area contributed by atoms with Gasteiger partial charge >= 0.3 is 0 Å². The van der Waals surface area contributed by atoms with Crippen molar-refractivity contribution in [3.63, 3.8) is 0 Å². The van der Waals surface area contributed by atoms with Crippen LogP contribution in [0.15, 0.2) is 72.1 Å². The molecule has 176 valence electrons. The first kappa shape index (κ1) is 23.1. The Labute approximate surface area is 199 Å². The van der Waals surface area contributed by atoms with E-state index in [9.17, 15) is 4.79 Å². The fourth-order valence-electron chi connectivity index (χ4n) is 3.75. The SMILES string of the molecule is Cc1cc(N2CCCC2)ccc1NC(=O)CO/N=C(/N)c1cccc(OCc2cccnc2)c1. The van der Waals surface area contributed by atoms with Crippen LogP contribution < -0.4 is 20.7 Å². The molecular weight excluding hydrogens is 430 g/mol. The van der Waals surface area contributed by atoms with E-state index in [1.54, 1.807) is 24.5 Å². The van der Waals surface area contributed by atoms with E-state index in [-0.39, 0.29) is 18.3 Å². The van der Waals surface area contributed by atoms with Gasteiger partial charge in [0.25, 0.3) is 5.91 Å². The number of nitrogens with two attached hydrogens (primary N) is 1. The molecule has 0 atom stereocenters. The minimum Gasteiger partial charge on any atom is -0.489 e. The number of carbonyl (C=O) groups is 1. The molecule has 0 radical (unpaired) electrons. The second-order valence-corrected chi connectivity index (χ2v) is 8.17. The number of amides is 1. The number of carbonyl (C=O) groups excluding carboxylic acids is 1. The molecule has 1 aliphatic rings. The standard InChI is InChI=1S/C26H29N5O3/c1-19-14-22(31-12-2-3-13-31)9-10-24(19)29-25(32)18-34-30-26(27)21-7-4-8-23(15-21)33-17-20-6-5-11-28-16-20/h4-11,14-16H,2-3,12-13,17-18H2,1H3,(H2,27,30)(H,29,32). The molecule has 8 heteroatoms. The minimum atomic E-state index is -0.304. The van der Waals surface area contributed by atoms with Crippen LogP contribution in [0, 0.1) is 6.92 Å². The smallest absolute Gasteiger partial charge is 0.265 e. The highest BCUT2D eigenvalue weighted by molar-refractivity contribution is 5.97. The highest BCUT2D eigenvalue weighted by atomic mass is 16.6. The molecule has 4 rings (SSSR count). The van der Waals surface area contributed by atoms with E-state index in [4.69, 9.17) is 15.3 Å². The van der Waals surface area contributed by atoms with Crippen LogP contribution in [0.3, 0.4) is 0 Å². The van der Waals surface area contributed by atoms with E-state index in [0.29, 0.717) is 17.9 Å². The van der Waals surface area contributed by atoms with E-state index in [0.717, 1.165) is 29.9 Å². The van der Waals surface area contributed by atoms with Gasteiger partial charge in [0.15, 0.2) is 12.4 Å². The molecule has 2 aromatic carbocycles. The second-order valence-electron chi connectivity index (χ2n) is 8.17. The quantitative estimate of drug-likeness (QED) is 0.286. The van der Waals surface area contributed by atoms with Crippen molar-refractivity contribution in [3.05, 3.63) is 83.7 Å². The molecule has 0 spiro atoms. The summed E-state index contributed by atoms with van der Waals surface area (Å²) in [6, 6.07) is 17.1. The normalized spacial score (nSPS) is 13.6. The molecule has 8 nitrogen and oxygen atoms in total. The van der Waals surface area contributed by atoms with E-state index < -0.39 is 0 Å². The Morgan fingerprint density at radius 1 is 1.15 bits per heavy atom. The summed E-state index contributed by atoms with van der Waals surface area (Å²) in [5.74, 6) is 0.498. The highest BCUT2D eigenvalue weighted by Crippen LogP contribution is 2.25. The molecule has 0 unspecified atom stereocenters. The molecule has 3 N–H and O–H groups in total. The zero-order chi connectivity index (χ0) is 23.8. The summed E-state index contributed by atoms with van der Waals surface area (Å²) in [5, 5.41) is 6.75. The van der Waals surface area contributed by atoms with Gasteiger partial charge in [-0.1, -0.05) is 23.4 Å². The Kier molecular flexibility index (Phi) is 7.60. The number of oxime groups is 1. The van der Waals surface area contributed by atoms with Gasteiger partial charge in [-0.2, -0.15) is 0 Å². The van der Waals surface area contributed by atoms with Crippen molar-refractivity contribution in [2.24, 2.45) is 10.9 Å². The summed E-state index contributed by atoms with van der Waals surface area (Å²) < 4.78 is 5.79. The first-order valence-corrected chi connectivity index (χ1v) is 11.3. The highest BCUT2D eigenvalue weighted by Gasteiger charge is 2.14. The third-order valence-corrected chi connectivity index (χ3v) is 5.57. The monoisotopic (exact) mass is 459 g/mol. The van der Waals surface area contributed by atoms with Gasteiger partial charge < -0.3 is 25.5 Å². The Morgan fingerprint density at radius 2 is 2.00 bits per heavy atom. The molecule has 1 amide bonds. The molecule has 1 saturated heterocycles. The zero-order valence-electron chi connectivity index (χ0n) is 19.2. The van der Waals surface area contributed by atoms with Gasteiger partial charge in [-0.3, -0.25) is 9.78 Å². The minimum absolute atomic E-state index is 0.158. The Bertz CT molecular complexity index is 1140. The number of amidine groups is 1. The van der Waals surface area contributed by atoms with Crippen LogP contribution in [-0.2, 0) is 16.2 Å². The topological polar surface area (TPSA) is 102 Å². The Balaban J connectivity index is 1.28. The van der Waals surface area contributed by atoms with Crippen LogP contribution in [-0.4, -0.2) is 36.4 Å². The molecule has 2 heterocycles. The molecule has 0 aliphatic carbocycles. The predicted octanol–water partition coefficient (Wildman–Crippen LogP) is 3.84. The largest absolute Gasteiger partial charge is 0.489 e. The summed E-state index contributed by atoms with van der Waals surface area (Å²) in [5.41, 5.74) is 10.6. The molecular formula is C26H29N5O3. The van der Waals surface area contributed by atoms with Crippen molar-refractivity contribution >= 4 is 23.1 Å². The van der Waals surface area contributed by atoms with Gasteiger partial charge in [0.2, 0.25) is 0 Å². The number of ether oxygens (including phenoxy) is 1. The van der Waals surface area contributed by atoms with Gasteiger partial charge in [-0.25, -0.2) is 0 Å². The number of pyridine rings is 1. The summed E-state index contributed by atoms with van der Waals surface area (Å²) in [4.78, 5) is 23.9. The van der Waals surface area contributed by atoms with Gasteiger partial charge in [-0.15, -0.1) is 0 Å². The van der Waals surface area contributed by atoms with Crippen LogP contribution in [0.5, 0.6) is 5.75 Å². The number of anilines is 2. The van der Waals surface area contributed by atoms with E-state index in [1.807, 2.05) is 43.3 Å². The number of hydrogen-bond donors (Lipinski definition) is 2. The van der Waals surface area contributed by atoms with Gasteiger partial charge in [-0.05, 0) is 61.7 Å². The van der Waals surface area contributed by atoms with Crippen LogP contribution in [0.2, 0.25) is 0 Å². The molecule has 1 aliphatic heterocycles. The van der Waals surface area contributed by atoms with Crippen molar-refractivity contribution < 1.29 is 14.4 Å². The maximum atomic E-state index is 12.3. The summed E-state index contributed by atoms with van der Waals surface area (Å²) in [6.45, 7) is 4.29. The van der Waals surface area contributed by atoms with E-state index in [2.05, 4.69) is 26.4 Å². The number of rotatable bonds is 9. The molecule has 3 aromatic rings. The molecule has 0 saturated carbocycles. The van der Waals surface area contributed by atoms with Crippen LogP contribution in [0.4, 0.5) is 11.4 Å². The molecule has 34 heavy (non-hydrogen) atoms. The van der Waals surface area contributed by atoms with Gasteiger partial charge in [0.1, 0.15) is 12.4 Å². The number of nitrogens with zero attached hydrogens (tertiary/aromatic N) is 3. The third kappa shape index (κ3) is 6.25. The molecule has 1 fully saturated rings.